The van der Waals surface area contributed by atoms with E-state index in [4.69, 9.17) is 0 Å². The Morgan fingerprint density at radius 1 is 1.10 bits per heavy atom. The minimum atomic E-state index is -0.499. The molecule has 1 N–H and O–H groups in total. The van der Waals surface area contributed by atoms with Gasteiger partial charge in [-0.2, -0.15) is 0 Å². The lowest BCUT2D eigenvalue weighted by molar-refractivity contribution is -0.142. The van der Waals surface area contributed by atoms with Crippen LogP contribution >= 0.6 is 0 Å². The van der Waals surface area contributed by atoms with Crippen molar-refractivity contribution >= 4 is 22.8 Å². The van der Waals surface area contributed by atoms with Crippen LogP contribution in [0.5, 0.6) is 0 Å². The fraction of sp³-hybridized carbons (Fsp3) is 0.375. The molecule has 6 nitrogen and oxygen atoms in total. The molecule has 1 aliphatic rings. The summed E-state index contributed by atoms with van der Waals surface area (Å²) >= 11 is 0. The number of para-hydroxylation sites is 2. The Hall–Kier alpha value is -3.15. The van der Waals surface area contributed by atoms with E-state index in [1.165, 1.54) is 0 Å². The second kappa shape index (κ2) is 8.30. The van der Waals surface area contributed by atoms with Gasteiger partial charge in [-0.15, -0.1) is 0 Å². The summed E-state index contributed by atoms with van der Waals surface area (Å²) in [7, 11) is 1.95. The van der Waals surface area contributed by atoms with Crippen LogP contribution in [0.25, 0.3) is 11.0 Å². The summed E-state index contributed by atoms with van der Waals surface area (Å²) in [5.41, 5.74) is 4.19. The second-order valence-corrected chi connectivity index (χ2v) is 8.40. The van der Waals surface area contributed by atoms with E-state index in [1.54, 1.807) is 4.90 Å². The van der Waals surface area contributed by atoms with Crippen molar-refractivity contribution < 1.29 is 9.59 Å². The first-order valence-electron chi connectivity index (χ1n) is 10.5. The predicted octanol–water partition coefficient (Wildman–Crippen LogP) is 3.19. The van der Waals surface area contributed by atoms with Crippen LogP contribution in [0.4, 0.5) is 0 Å². The Balaban J connectivity index is 1.53. The van der Waals surface area contributed by atoms with E-state index in [-0.39, 0.29) is 17.7 Å². The predicted molar refractivity (Wildman–Crippen MR) is 116 cm³/mol. The molecule has 1 unspecified atom stereocenters. The molecule has 0 fully saturated rings. The minimum absolute atomic E-state index is 0.0300. The van der Waals surface area contributed by atoms with E-state index in [1.807, 2.05) is 74.0 Å². The average molecular weight is 405 g/mol. The summed E-state index contributed by atoms with van der Waals surface area (Å²) in [5.74, 6) is 0.940. The Bertz CT molecular complexity index is 1090. The molecule has 2 amide bonds. The highest BCUT2D eigenvalue weighted by Gasteiger charge is 2.34. The number of hydrogen-bond acceptors (Lipinski definition) is 3. The van der Waals surface area contributed by atoms with Crippen LogP contribution in [0.1, 0.15) is 37.2 Å². The van der Waals surface area contributed by atoms with Crippen LogP contribution in [-0.2, 0) is 36.1 Å². The second-order valence-electron chi connectivity index (χ2n) is 8.40. The van der Waals surface area contributed by atoms with E-state index in [9.17, 15) is 9.59 Å². The molecule has 1 atom stereocenters. The fourth-order valence-corrected chi connectivity index (χ4v) is 4.12. The maximum atomic E-state index is 13.2. The zero-order chi connectivity index (χ0) is 21.3. The molecule has 1 aliphatic heterocycles. The molecule has 156 valence electrons. The van der Waals surface area contributed by atoms with Gasteiger partial charge in [0.25, 0.3) is 0 Å². The normalized spacial score (nSPS) is 16.0. The Labute approximate surface area is 176 Å². The van der Waals surface area contributed by atoms with E-state index in [0.717, 1.165) is 28.0 Å². The van der Waals surface area contributed by atoms with Gasteiger partial charge in [-0.1, -0.05) is 50.2 Å². The van der Waals surface area contributed by atoms with E-state index in [2.05, 4.69) is 10.3 Å². The number of aryl methyl sites for hydroxylation is 1. The van der Waals surface area contributed by atoms with E-state index < -0.39 is 6.04 Å². The van der Waals surface area contributed by atoms with Crippen LogP contribution in [0.3, 0.4) is 0 Å². The van der Waals surface area contributed by atoms with E-state index >= 15 is 0 Å². The lowest BCUT2D eigenvalue weighted by Gasteiger charge is -2.36. The minimum Gasteiger partial charge on any atom is -0.347 e. The van der Waals surface area contributed by atoms with Crippen molar-refractivity contribution in [3.63, 3.8) is 0 Å². The maximum Gasteiger partial charge on any atom is 0.243 e. The molecule has 1 aromatic heterocycles. The Morgan fingerprint density at radius 2 is 1.80 bits per heavy atom. The molecule has 0 radical (unpaired) electrons. The van der Waals surface area contributed by atoms with Gasteiger partial charge < -0.3 is 14.8 Å². The van der Waals surface area contributed by atoms with Gasteiger partial charge in [0.1, 0.15) is 11.9 Å². The van der Waals surface area contributed by atoms with Crippen LogP contribution in [0, 0.1) is 5.92 Å². The Morgan fingerprint density at radius 3 is 2.53 bits per heavy atom. The number of benzene rings is 2. The molecule has 0 spiro atoms. The third kappa shape index (κ3) is 3.95. The van der Waals surface area contributed by atoms with Crippen LogP contribution in [0.2, 0.25) is 0 Å². The highest BCUT2D eigenvalue weighted by molar-refractivity contribution is 5.88. The van der Waals surface area contributed by atoms with E-state index in [0.29, 0.717) is 25.9 Å². The largest absolute Gasteiger partial charge is 0.347 e. The van der Waals surface area contributed by atoms with Crippen LogP contribution in [0.15, 0.2) is 48.5 Å². The summed E-state index contributed by atoms with van der Waals surface area (Å²) in [6, 6.07) is 15.5. The molecular weight excluding hydrogens is 376 g/mol. The maximum absolute atomic E-state index is 13.2. The van der Waals surface area contributed by atoms with Gasteiger partial charge in [-0.05, 0) is 29.2 Å². The van der Waals surface area contributed by atoms with Crippen LogP contribution < -0.4 is 5.32 Å². The van der Waals surface area contributed by atoms with Crippen molar-refractivity contribution in [3.8, 4) is 0 Å². The molecule has 3 aromatic rings. The zero-order valence-electron chi connectivity index (χ0n) is 17.8. The number of aromatic nitrogens is 2. The molecule has 2 heterocycles. The first kappa shape index (κ1) is 20.1. The molecule has 30 heavy (non-hydrogen) atoms. The number of carbonyl (C=O) groups excluding carboxylic acids is 2. The smallest absolute Gasteiger partial charge is 0.243 e. The van der Waals surface area contributed by atoms with Gasteiger partial charge in [0.2, 0.25) is 11.8 Å². The van der Waals surface area contributed by atoms with Crippen molar-refractivity contribution in [2.24, 2.45) is 13.0 Å². The van der Waals surface area contributed by atoms with Crippen molar-refractivity contribution in [1.29, 1.82) is 0 Å². The lowest BCUT2D eigenvalue weighted by Crippen LogP contribution is -2.52. The fourth-order valence-electron chi connectivity index (χ4n) is 4.12. The highest BCUT2D eigenvalue weighted by atomic mass is 16.2. The molecule has 0 bridgehead atoms. The summed E-state index contributed by atoms with van der Waals surface area (Å²) in [5, 5.41) is 3.02. The lowest BCUT2D eigenvalue weighted by atomic mass is 9.92. The first-order chi connectivity index (χ1) is 14.4. The summed E-state index contributed by atoms with van der Waals surface area (Å²) in [6.07, 6.45) is 0.977. The van der Waals surface area contributed by atoms with Crippen molar-refractivity contribution in [3.05, 3.63) is 65.5 Å². The monoisotopic (exact) mass is 404 g/mol. The zero-order valence-corrected chi connectivity index (χ0v) is 17.8. The van der Waals surface area contributed by atoms with Gasteiger partial charge in [0, 0.05) is 26.4 Å². The van der Waals surface area contributed by atoms with Gasteiger partial charge in [0.05, 0.1) is 17.6 Å². The molecule has 2 aromatic carbocycles. The third-order valence-corrected chi connectivity index (χ3v) is 5.75. The summed E-state index contributed by atoms with van der Waals surface area (Å²) in [4.78, 5) is 32.4. The molecule has 0 aliphatic carbocycles. The van der Waals surface area contributed by atoms with Gasteiger partial charge in [-0.3, -0.25) is 9.59 Å². The molecule has 0 saturated heterocycles. The molecular formula is C24H28N4O2. The van der Waals surface area contributed by atoms with Gasteiger partial charge in [0.15, 0.2) is 0 Å². The standard InChI is InChI=1S/C24H28N4O2/c1-16(2)12-23(29)28-15-18-9-5-4-8-17(18)13-21(28)24(30)25-14-22-26-19-10-6-7-11-20(19)27(22)3/h4-11,16,21H,12-15H2,1-3H3,(H,25,30). The number of carbonyl (C=O) groups is 2. The SMILES string of the molecule is CC(C)CC(=O)N1Cc2ccccc2CC1C(=O)NCc1nc2ccccc2n1C. The van der Waals surface area contributed by atoms with Crippen molar-refractivity contribution in [1.82, 2.24) is 19.8 Å². The third-order valence-electron chi connectivity index (χ3n) is 5.75. The highest BCUT2D eigenvalue weighted by Crippen LogP contribution is 2.25. The number of nitrogens with zero attached hydrogens (tertiary/aromatic N) is 3. The first-order valence-corrected chi connectivity index (χ1v) is 10.5. The summed E-state index contributed by atoms with van der Waals surface area (Å²) in [6.45, 7) is 4.85. The Kier molecular flexibility index (Phi) is 5.57. The number of hydrogen-bond donors (Lipinski definition) is 1. The molecule has 4 rings (SSSR count). The van der Waals surface area contributed by atoms with Crippen LogP contribution in [-0.4, -0.2) is 32.3 Å². The van der Waals surface area contributed by atoms with Crippen molar-refractivity contribution in [2.45, 2.75) is 45.8 Å². The number of fused-ring (bicyclic) bond motifs is 2. The average Bonchev–Trinajstić information content (AvgIpc) is 3.06. The quantitative estimate of drug-likeness (QED) is 0.710. The van der Waals surface area contributed by atoms with Gasteiger partial charge >= 0.3 is 0 Å². The topological polar surface area (TPSA) is 67.2 Å². The van der Waals surface area contributed by atoms with Crippen molar-refractivity contribution in [2.75, 3.05) is 0 Å². The number of rotatable bonds is 5. The molecule has 6 heteroatoms. The van der Waals surface area contributed by atoms with Gasteiger partial charge in [-0.25, -0.2) is 4.98 Å². The molecule has 0 saturated carbocycles. The summed E-state index contributed by atoms with van der Waals surface area (Å²) < 4.78 is 1.99. The number of nitrogens with one attached hydrogen (secondary N) is 1. The number of imidazole rings is 1. The number of amides is 2.